The zero-order valence-corrected chi connectivity index (χ0v) is 9.17. The lowest BCUT2D eigenvalue weighted by Crippen LogP contribution is -1.95. The predicted octanol–water partition coefficient (Wildman–Crippen LogP) is 1.62. The van der Waals surface area contributed by atoms with Gasteiger partial charge in [0.15, 0.2) is 11.5 Å². The molecule has 0 saturated carbocycles. The molecule has 0 unspecified atom stereocenters. The van der Waals surface area contributed by atoms with E-state index in [0.717, 1.165) is 27.2 Å². The Balaban J connectivity index is 2.61. The Kier molecular flexibility index (Phi) is 1.66. The molecule has 0 amide bonds. The van der Waals surface area contributed by atoms with E-state index < -0.39 is 0 Å². The van der Waals surface area contributed by atoms with E-state index in [2.05, 4.69) is 20.3 Å². The Morgan fingerprint density at radius 1 is 1.40 bits per heavy atom. The third-order valence-electron chi connectivity index (χ3n) is 2.38. The van der Waals surface area contributed by atoms with E-state index in [4.69, 9.17) is 0 Å². The zero-order chi connectivity index (χ0) is 10.4. The molecule has 5 nitrogen and oxygen atoms in total. The molecule has 1 N–H and O–H groups in total. The van der Waals surface area contributed by atoms with E-state index in [1.165, 1.54) is 0 Å². The molecule has 0 spiro atoms. The van der Waals surface area contributed by atoms with Crippen LogP contribution >= 0.6 is 11.3 Å². The molecule has 0 aromatic carbocycles. The van der Waals surface area contributed by atoms with Crippen molar-refractivity contribution in [1.29, 1.82) is 0 Å². The van der Waals surface area contributed by atoms with Crippen LogP contribution in [0.15, 0.2) is 11.8 Å². The summed E-state index contributed by atoms with van der Waals surface area (Å²) in [6, 6.07) is 0. The molecule has 6 heteroatoms. The van der Waals surface area contributed by atoms with Gasteiger partial charge in [0.1, 0.15) is 5.52 Å². The predicted molar refractivity (Wildman–Crippen MR) is 61.2 cm³/mol. The standard InChI is InChI=1S/C9H9N5S/c1-10-8-5-6(14(2)3-11-5)7-9(13-8)12-4-15-7/h3-4H,1-2H3,(H,10,13). The van der Waals surface area contributed by atoms with Crippen LogP contribution in [0.4, 0.5) is 5.82 Å². The maximum absolute atomic E-state index is 4.41. The first kappa shape index (κ1) is 8.60. The molecule has 76 valence electrons. The summed E-state index contributed by atoms with van der Waals surface area (Å²) < 4.78 is 3.09. The second kappa shape index (κ2) is 2.90. The second-order valence-corrected chi connectivity index (χ2v) is 4.12. The summed E-state index contributed by atoms with van der Waals surface area (Å²) in [5, 5.41) is 3.04. The van der Waals surface area contributed by atoms with E-state index in [9.17, 15) is 0 Å². The first-order chi connectivity index (χ1) is 7.31. The van der Waals surface area contributed by atoms with Gasteiger partial charge in [-0.2, -0.15) is 0 Å². The van der Waals surface area contributed by atoms with Crippen LogP contribution in [0.3, 0.4) is 0 Å². The van der Waals surface area contributed by atoms with E-state index in [0.29, 0.717) is 0 Å². The number of rotatable bonds is 1. The SMILES string of the molecule is CNc1nc2ncsc2c2c1ncn2C. The number of thiazole rings is 1. The summed E-state index contributed by atoms with van der Waals surface area (Å²) in [6.07, 6.45) is 1.80. The van der Waals surface area contributed by atoms with Gasteiger partial charge in [0.05, 0.1) is 22.1 Å². The molecule has 3 aromatic heterocycles. The Hall–Kier alpha value is -1.69. The van der Waals surface area contributed by atoms with Crippen molar-refractivity contribution in [1.82, 2.24) is 19.5 Å². The van der Waals surface area contributed by atoms with Crippen molar-refractivity contribution in [3.05, 3.63) is 11.8 Å². The lowest BCUT2D eigenvalue weighted by Gasteiger charge is -2.01. The van der Waals surface area contributed by atoms with Crippen molar-refractivity contribution in [3.8, 4) is 0 Å². The highest BCUT2D eigenvalue weighted by atomic mass is 32.1. The number of nitrogens with one attached hydrogen (secondary N) is 1. The number of fused-ring (bicyclic) bond motifs is 3. The van der Waals surface area contributed by atoms with Crippen molar-refractivity contribution in [2.75, 3.05) is 12.4 Å². The smallest absolute Gasteiger partial charge is 0.174 e. The Labute approximate surface area is 89.8 Å². The summed E-state index contributed by atoms with van der Waals surface area (Å²) in [7, 11) is 3.82. The molecule has 0 aliphatic carbocycles. The summed E-state index contributed by atoms with van der Waals surface area (Å²) >= 11 is 1.59. The molecular formula is C9H9N5S. The molecule has 0 bridgehead atoms. The van der Waals surface area contributed by atoms with Crippen LogP contribution in [-0.2, 0) is 7.05 Å². The first-order valence-electron chi connectivity index (χ1n) is 4.53. The van der Waals surface area contributed by atoms with Gasteiger partial charge in [-0.1, -0.05) is 0 Å². The summed E-state index contributed by atoms with van der Waals surface area (Å²) in [6.45, 7) is 0. The topological polar surface area (TPSA) is 55.6 Å². The van der Waals surface area contributed by atoms with Crippen LogP contribution in [0, 0.1) is 0 Å². The maximum atomic E-state index is 4.41. The van der Waals surface area contributed by atoms with Crippen molar-refractivity contribution in [2.24, 2.45) is 7.05 Å². The van der Waals surface area contributed by atoms with Gasteiger partial charge < -0.3 is 9.88 Å². The second-order valence-electron chi connectivity index (χ2n) is 3.27. The Bertz CT molecular complexity index is 638. The van der Waals surface area contributed by atoms with Crippen LogP contribution in [0.5, 0.6) is 0 Å². The molecule has 0 aliphatic rings. The maximum Gasteiger partial charge on any atom is 0.174 e. The molecule has 0 fully saturated rings. The molecule has 0 aliphatic heterocycles. The monoisotopic (exact) mass is 219 g/mol. The third kappa shape index (κ3) is 1.05. The lowest BCUT2D eigenvalue weighted by molar-refractivity contribution is 0.951. The minimum atomic E-state index is 0.778. The molecule has 0 radical (unpaired) electrons. The average Bonchev–Trinajstić information content (AvgIpc) is 2.83. The van der Waals surface area contributed by atoms with Crippen molar-refractivity contribution < 1.29 is 0 Å². The van der Waals surface area contributed by atoms with Gasteiger partial charge in [-0.15, -0.1) is 11.3 Å². The van der Waals surface area contributed by atoms with E-state index in [1.807, 2.05) is 24.2 Å². The number of hydrogen-bond donors (Lipinski definition) is 1. The molecule has 15 heavy (non-hydrogen) atoms. The number of aryl methyl sites for hydroxylation is 1. The Morgan fingerprint density at radius 3 is 3.07 bits per heavy atom. The van der Waals surface area contributed by atoms with Crippen molar-refractivity contribution >= 4 is 38.5 Å². The van der Waals surface area contributed by atoms with E-state index in [-0.39, 0.29) is 0 Å². The van der Waals surface area contributed by atoms with Gasteiger partial charge in [0, 0.05) is 14.1 Å². The van der Waals surface area contributed by atoms with Crippen molar-refractivity contribution in [2.45, 2.75) is 0 Å². The minimum absolute atomic E-state index is 0.778. The number of pyridine rings is 1. The third-order valence-corrected chi connectivity index (χ3v) is 3.20. The number of nitrogens with zero attached hydrogens (tertiary/aromatic N) is 4. The molecule has 0 saturated heterocycles. The largest absolute Gasteiger partial charge is 0.371 e. The lowest BCUT2D eigenvalue weighted by atomic mass is 10.3. The highest BCUT2D eigenvalue weighted by Crippen LogP contribution is 2.29. The fourth-order valence-corrected chi connectivity index (χ4v) is 2.50. The molecule has 3 aromatic rings. The van der Waals surface area contributed by atoms with Gasteiger partial charge in [-0.3, -0.25) is 0 Å². The van der Waals surface area contributed by atoms with Crippen LogP contribution in [-0.4, -0.2) is 26.6 Å². The summed E-state index contributed by atoms with van der Waals surface area (Å²) in [5.41, 5.74) is 4.58. The minimum Gasteiger partial charge on any atom is -0.371 e. The Morgan fingerprint density at radius 2 is 2.27 bits per heavy atom. The van der Waals surface area contributed by atoms with E-state index in [1.54, 1.807) is 17.7 Å². The molecular weight excluding hydrogens is 210 g/mol. The highest BCUT2D eigenvalue weighted by Gasteiger charge is 2.13. The first-order valence-corrected chi connectivity index (χ1v) is 5.41. The summed E-state index contributed by atoms with van der Waals surface area (Å²) in [4.78, 5) is 13.0. The quantitative estimate of drug-likeness (QED) is 0.675. The number of hydrogen-bond acceptors (Lipinski definition) is 5. The zero-order valence-electron chi connectivity index (χ0n) is 8.35. The van der Waals surface area contributed by atoms with Crippen LogP contribution in [0.2, 0.25) is 0 Å². The van der Waals surface area contributed by atoms with Gasteiger partial charge in [0.2, 0.25) is 0 Å². The van der Waals surface area contributed by atoms with E-state index >= 15 is 0 Å². The van der Waals surface area contributed by atoms with Gasteiger partial charge in [-0.25, -0.2) is 15.0 Å². The van der Waals surface area contributed by atoms with Crippen LogP contribution in [0.25, 0.3) is 21.4 Å². The fraction of sp³-hybridized carbons (Fsp3) is 0.222. The number of imidazole rings is 1. The number of aromatic nitrogens is 4. The molecule has 3 heterocycles. The van der Waals surface area contributed by atoms with Gasteiger partial charge in [0.25, 0.3) is 0 Å². The number of anilines is 1. The fourth-order valence-electron chi connectivity index (χ4n) is 1.69. The highest BCUT2D eigenvalue weighted by molar-refractivity contribution is 7.17. The van der Waals surface area contributed by atoms with Crippen molar-refractivity contribution in [3.63, 3.8) is 0 Å². The molecule has 3 rings (SSSR count). The summed E-state index contributed by atoms with van der Waals surface area (Å²) in [5.74, 6) is 0.781. The van der Waals surface area contributed by atoms with Crippen LogP contribution < -0.4 is 5.32 Å². The van der Waals surface area contributed by atoms with Gasteiger partial charge in [-0.05, 0) is 0 Å². The van der Waals surface area contributed by atoms with Gasteiger partial charge >= 0.3 is 0 Å². The van der Waals surface area contributed by atoms with Crippen LogP contribution in [0.1, 0.15) is 0 Å². The average molecular weight is 219 g/mol. The normalized spacial score (nSPS) is 11.3. The molecule has 0 atom stereocenters.